The molecule has 0 aromatic heterocycles. The summed E-state index contributed by atoms with van der Waals surface area (Å²) in [6.07, 6.45) is 3.08. The summed E-state index contributed by atoms with van der Waals surface area (Å²) in [4.78, 5) is 29.9. The van der Waals surface area contributed by atoms with Crippen molar-refractivity contribution < 1.29 is 19.1 Å². The van der Waals surface area contributed by atoms with Crippen LogP contribution in [0.1, 0.15) is 11.1 Å². The standard InChI is InChI=1S/C18H16N2O4S2/c1-23-17-5-3-15(7-13(17)9-19-11-21)25-26-16-4-6-18(24-2)14(8-16)10-20-12-22/h3-8H,9-10H2,1-2H3. The van der Waals surface area contributed by atoms with E-state index in [1.54, 1.807) is 35.8 Å². The highest BCUT2D eigenvalue weighted by Crippen LogP contribution is 2.40. The first-order chi connectivity index (χ1) is 12.7. The maximum absolute atomic E-state index is 10.3. The van der Waals surface area contributed by atoms with Gasteiger partial charge in [0.1, 0.15) is 11.5 Å². The van der Waals surface area contributed by atoms with Crippen LogP contribution >= 0.6 is 21.6 Å². The van der Waals surface area contributed by atoms with Crippen molar-refractivity contribution in [1.82, 2.24) is 0 Å². The molecule has 134 valence electrons. The average Bonchev–Trinajstić information content (AvgIpc) is 2.69. The molecule has 0 fully saturated rings. The summed E-state index contributed by atoms with van der Waals surface area (Å²) in [5.41, 5.74) is 1.63. The molecule has 0 atom stereocenters. The van der Waals surface area contributed by atoms with Crippen LogP contribution in [0.3, 0.4) is 0 Å². The minimum Gasteiger partial charge on any atom is -0.496 e. The number of hydrogen-bond acceptors (Lipinski definition) is 8. The van der Waals surface area contributed by atoms with Crippen molar-refractivity contribution in [1.29, 1.82) is 0 Å². The number of carbonyl (C=O) groups excluding carboxylic acids is 2. The Balaban J connectivity index is 2.15. The van der Waals surface area contributed by atoms with E-state index in [2.05, 4.69) is 9.98 Å². The van der Waals surface area contributed by atoms with Gasteiger partial charge >= 0.3 is 0 Å². The van der Waals surface area contributed by atoms with Crippen molar-refractivity contribution in [3.63, 3.8) is 0 Å². The largest absolute Gasteiger partial charge is 0.496 e. The zero-order chi connectivity index (χ0) is 18.8. The second-order valence-corrected chi connectivity index (χ2v) is 7.21. The van der Waals surface area contributed by atoms with Crippen LogP contribution in [0.4, 0.5) is 0 Å². The molecular weight excluding hydrogens is 372 g/mol. The summed E-state index contributed by atoms with van der Waals surface area (Å²) >= 11 is 0. The fraction of sp³-hybridized carbons (Fsp3) is 0.222. The van der Waals surface area contributed by atoms with E-state index in [4.69, 9.17) is 9.47 Å². The molecule has 0 radical (unpaired) electrons. The zero-order valence-corrected chi connectivity index (χ0v) is 15.9. The van der Waals surface area contributed by atoms with Crippen molar-refractivity contribution in [2.24, 2.45) is 9.98 Å². The molecule has 2 aromatic rings. The van der Waals surface area contributed by atoms with E-state index in [0.717, 1.165) is 20.9 Å². The van der Waals surface area contributed by atoms with E-state index in [9.17, 15) is 9.59 Å². The normalized spacial score (nSPS) is 9.77. The van der Waals surface area contributed by atoms with Crippen LogP contribution in [0.5, 0.6) is 11.5 Å². The highest BCUT2D eigenvalue weighted by atomic mass is 33.1. The van der Waals surface area contributed by atoms with Crippen LogP contribution in [-0.2, 0) is 22.7 Å². The Labute approximate surface area is 159 Å². The lowest BCUT2D eigenvalue weighted by Gasteiger charge is -2.10. The van der Waals surface area contributed by atoms with Gasteiger partial charge in [-0.25, -0.2) is 19.6 Å². The molecule has 0 spiro atoms. The van der Waals surface area contributed by atoms with E-state index in [1.807, 2.05) is 36.4 Å². The number of methoxy groups -OCH3 is 2. The Hall–Kier alpha value is -2.50. The Morgan fingerprint density at radius 1 is 0.808 bits per heavy atom. The van der Waals surface area contributed by atoms with Gasteiger partial charge in [0, 0.05) is 20.9 Å². The molecular formula is C18H16N2O4S2. The fourth-order valence-electron chi connectivity index (χ4n) is 2.19. The summed E-state index contributed by atoms with van der Waals surface area (Å²) in [7, 11) is 6.27. The third kappa shape index (κ3) is 5.51. The molecule has 2 aromatic carbocycles. The van der Waals surface area contributed by atoms with E-state index in [0.29, 0.717) is 11.5 Å². The van der Waals surface area contributed by atoms with Crippen LogP contribution in [0.2, 0.25) is 0 Å². The fourth-order valence-corrected chi connectivity index (χ4v) is 4.21. The molecule has 0 aliphatic heterocycles. The molecule has 6 nitrogen and oxygen atoms in total. The van der Waals surface area contributed by atoms with E-state index < -0.39 is 0 Å². The van der Waals surface area contributed by atoms with E-state index in [-0.39, 0.29) is 13.1 Å². The molecule has 0 N–H and O–H groups in total. The van der Waals surface area contributed by atoms with Crippen molar-refractivity contribution >= 4 is 33.7 Å². The zero-order valence-electron chi connectivity index (χ0n) is 14.2. The quantitative estimate of drug-likeness (QED) is 0.364. The first-order valence-corrected chi connectivity index (χ1v) is 9.62. The van der Waals surface area contributed by atoms with Crippen LogP contribution in [0, 0.1) is 0 Å². The van der Waals surface area contributed by atoms with Gasteiger partial charge in [0.05, 0.1) is 27.3 Å². The minimum atomic E-state index is 0.224. The molecule has 0 aliphatic carbocycles. The number of nitrogens with zero attached hydrogens (tertiary/aromatic N) is 2. The molecule has 26 heavy (non-hydrogen) atoms. The second-order valence-electron chi connectivity index (χ2n) is 4.93. The molecule has 2 rings (SSSR count). The van der Waals surface area contributed by atoms with Gasteiger partial charge in [-0.05, 0) is 36.4 Å². The summed E-state index contributed by atoms with van der Waals surface area (Å²) in [5.74, 6) is 1.36. The summed E-state index contributed by atoms with van der Waals surface area (Å²) in [6, 6.07) is 11.4. The molecule has 0 saturated heterocycles. The predicted molar refractivity (Wildman–Crippen MR) is 101 cm³/mol. The highest BCUT2D eigenvalue weighted by Gasteiger charge is 2.08. The number of hydrogen-bond donors (Lipinski definition) is 0. The molecule has 0 bridgehead atoms. The van der Waals surface area contributed by atoms with Gasteiger partial charge in [0.2, 0.25) is 12.2 Å². The number of rotatable bonds is 9. The van der Waals surface area contributed by atoms with Gasteiger partial charge in [0.15, 0.2) is 0 Å². The lowest BCUT2D eigenvalue weighted by Crippen LogP contribution is -1.91. The van der Waals surface area contributed by atoms with Crippen LogP contribution in [0.25, 0.3) is 0 Å². The minimum absolute atomic E-state index is 0.224. The third-order valence-electron chi connectivity index (χ3n) is 3.37. The summed E-state index contributed by atoms with van der Waals surface area (Å²) in [6.45, 7) is 0.449. The average molecular weight is 388 g/mol. The van der Waals surface area contributed by atoms with Crippen molar-refractivity contribution in [2.45, 2.75) is 22.9 Å². The van der Waals surface area contributed by atoms with Crippen LogP contribution in [-0.4, -0.2) is 26.4 Å². The molecule has 0 unspecified atom stereocenters. The van der Waals surface area contributed by atoms with Crippen LogP contribution in [0.15, 0.2) is 56.2 Å². The van der Waals surface area contributed by atoms with Crippen molar-refractivity contribution in [3.8, 4) is 11.5 Å². The van der Waals surface area contributed by atoms with Gasteiger partial charge in [-0.3, -0.25) is 0 Å². The summed E-state index contributed by atoms with van der Waals surface area (Å²) < 4.78 is 10.6. The van der Waals surface area contributed by atoms with Crippen molar-refractivity contribution in [2.75, 3.05) is 14.2 Å². The number of benzene rings is 2. The highest BCUT2D eigenvalue weighted by molar-refractivity contribution is 8.76. The van der Waals surface area contributed by atoms with Gasteiger partial charge < -0.3 is 9.47 Å². The first-order valence-electron chi connectivity index (χ1n) is 7.47. The van der Waals surface area contributed by atoms with Crippen molar-refractivity contribution in [3.05, 3.63) is 47.5 Å². The molecule has 0 heterocycles. The summed E-state index contributed by atoms with van der Waals surface area (Å²) in [5, 5.41) is 0. The third-order valence-corrected chi connectivity index (χ3v) is 5.75. The predicted octanol–water partition coefficient (Wildman–Crippen LogP) is 4.17. The Morgan fingerprint density at radius 2 is 1.23 bits per heavy atom. The molecule has 0 saturated carbocycles. The van der Waals surface area contributed by atoms with Gasteiger partial charge in [-0.15, -0.1) is 0 Å². The molecule has 0 amide bonds. The Kier molecular flexibility index (Phi) is 7.99. The van der Waals surface area contributed by atoms with Gasteiger partial charge in [-0.1, -0.05) is 21.6 Å². The Morgan fingerprint density at radius 3 is 1.58 bits per heavy atom. The topological polar surface area (TPSA) is 77.3 Å². The maximum Gasteiger partial charge on any atom is 0.235 e. The number of ether oxygens (including phenoxy) is 2. The number of aliphatic imine (C=N–C) groups is 2. The second kappa shape index (κ2) is 10.5. The number of isocyanates is 2. The first kappa shape index (κ1) is 19.8. The van der Waals surface area contributed by atoms with E-state index in [1.165, 1.54) is 12.2 Å². The van der Waals surface area contributed by atoms with Crippen LogP contribution < -0.4 is 9.47 Å². The maximum atomic E-state index is 10.3. The van der Waals surface area contributed by atoms with E-state index >= 15 is 0 Å². The molecule has 0 aliphatic rings. The molecule has 8 heteroatoms. The lowest BCUT2D eigenvalue weighted by molar-refractivity contribution is 0.409. The smallest absolute Gasteiger partial charge is 0.235 e. The van der Waals surface area contributed by atoms with Gasteiger partial charge in [-0.2, -0.15) is 0 Å². The SMILES string of the molecule is COc1ccc(SSc2ccc(OC)c(CN=C=O)c2)cc1CN=C=O. The van der Waals surface area contributed by atoms with Gasteiger partial charge in [0.25, 0.3) is 0 Å². The monoisotopic (exact) mass is 388 g/mol. The Bertz CT molecular complexity index is 789. The lowest BCUT2D eigenvalue weighted by atomic mass is 10.2.